The van der Waals surface area contributed by atoms with Gasteiger partial charge in [-0.05, 0) is 18.2 Å². The van der Waals surface area contributed by atoms with Gasteiger partial charge in [-0.2, -0.15) is 13.1 Å². The van der Waals surface area contributed by atoms with Crippen LogP contribution in [0.5, 0.6) is 5.75 Å². The number of piperazine rings is 1. The lowest BCUT2D eigenvalue weighted by Crippen LogP contribution is -2.46. The van der Waals surface area contributed by atoms with E-state index in [9.17, 15) is 17.2 Å². The standard InChI is InChI=1S/C11H13ClF2N2O3S/c12-9-7-8(1-2-10(9)19-11(13)14)20(17,18)16-5-3-15-4-6-16/h1-2,7,11,15H,3-6H2. The van der Waals surface area contributed by atoms with E-state index in [0.717, 1.165) is 12.1 Å². The smallest absolute Gasteiger partial charge is 0.387 e. The van der Waals surface area contributed by atoms with Crippen molar-refractivity contribution in [3.05, 3.63) is 23.2 Å². The van der Waals surface area contributed by atoms with E-state index in [0.29, 0.717) is 26.2 Å². The molecule has 0 saturated carbocycles. The Hall–Kier alpha value is -0.960. The third-order valence-electron chi connectivity index (χ3n) is 2.83. The molecule has 0 aromatic heterocycles. The molecule has 1 aromatic carbocycles. The van der Waals surface area contributed by atoms with E-state index in [4.69, 9.17) is 11.6 Å². The lowest BCUT2D eigenvalue weighted by Gasteiger charge is -2.26. The second-order valence-corrected chi connectivity index (χ2v) is 6.47. The van der Waals surface area contributed by atoms with Gasteiger partial charge in [0.25, 0.3) is 0 Å². The fraction of sp³-hybridized carbons (Fsp3) is 0.455. The summed E-state index contributed by atoms with van der Waals surface area (Å²) < 4.78 is 54.4. The molecule has 1 aliphatic rings. The van der Waals surface area contributed by atoms with Crippen molar-refractivity contribution >= 4 is 21.6 Å². The molecule has 0 bridgehead atoms. The number of sulfonamides is 1. The van der Waals surface area contributed by atoms with Crippen molar-refractivity contribution in [2.45, 2.75) is 11.5 Å². The Morgan fingerprint density at radius 2 is 1.95 bits per heavy atom. The third-order valence-corrected chi connectivity index (χ3v) is 5.02. The average Bonchev–Trinajstić information content (AvgIpc) is 2.41. The molecule has 5 nitrogen and oxygen atoms in total. The predicted octanol–water partition coefficient (Wildman–Crippen LogP) is 1.54. The molecule has 0 radical (unpaired) electrons. The van der Waals surface area contributed by atoms with Crippen LogP contribution in [-0.2, 0) is 10.0 Å². The number of benzene rings is 1. The van der Waals surface area contributed by atoms with E-state index in [1.807, 2.05) is 0 Å². The Labute approximate surface area is 120 Å². The number of ether oxygens (including phenoxy) is 1. The minimum Gasteiger partial charge on any atom is -0.433 e. The van der Waals surface area contributed by atoms with Gasteiger partial charge in [0.05, 0.1) is 9.92 Å². The van der Waals surface area contributed by atoms with Gasteiger partial charge in [-0.3, -0.25) is 0 Å². The molecule has 1 heterocycles. The van der Waals surface area contributed by atoms with Crippen LogP contribution in [0, 0.1) is 0 Å². The van der Waals surface area contributed by atoms with Crippen LogP contribution in [0.3, 0.4) is 0 Å². The molecule has 20 heavy (non-hydrogen) atoms. The lowest BCUT2D eigenvalue weighted by molar-refractivity contribution is -0.0498. The summed E-state index contributed by atoms with van der Waals surface area (Å²) in [6, 6.07) is 3.46. The highest BCUT2D eigenvalue weighted by Gasteiger charge is 2.26. The van der Waals surface area contributed by atoms with Crippen LogP contribution in [0.1, 0.15) is 0 Å². The Morgan fingerprint density at radius 3 is 2.50 bits per heavy atom. The zero-order valence-electron chi connectivity index (χ0n) is 10.4. The van der Waals surface area contributed by atoms with E-state index in [1.54, 1.807) is 0 Å². The first-order valence-corrected chi connectivity index (χ1v) is 7.68. The van der Waals surface area contributed by atoms with Crippen molar-refractivity contribution in [3.63, 3.8) is 0 Å². The molecule has 0 spiro atoms. The number of alkyl halides is 2. The van der Waals surface area contributed by atoms with E-state index >= 15 is 0 Å². The molecule has 1 N–H and O–H groups in total. The lowest BCUT2D eigenvalue weighted by atomic mass is 10.3. The highest BCUT2D eigenvalue weighted by atomic mass is 35.5. The maximum absolute atomic E-state index is 12.3. The number of hydrogen-bond acceptors (Lipinski definition) is 4. The number of nitrogens with zero attached hydrogens (tertiary/aromatic N) is 1. The summed E-state index contributed by atoms with van der Waals surface area (Å²) >= 11 is 5.76. The minimum atomic E-state index is -3.66. The van der Waals surface area contributed by atoms with E-state index in [2.05, 4.69) is 10.1 Å². The second kappa shape index (κ2) is 6.21. The minimum absolute atomic E-state index is 0.0361. The van der Waals surface area contributed by atoms with Crippen molar-refractivity contribution in [2.24, 2.45) is 0 Å². The molecule has 112 valence electrons. The molecule has 0 unspecified atom stereocenters. The largest absolute Gasteiger partial charge is 0.433 e. The van der Waals surface area contributed by atoms with Crippen molar-refractivity contribution in [2.75, 3.05) is 26.2 Å². The summed E-state index contributed by atoms with van der Waals surface area (Å²) in [5, 5.41) is 2.88. The van der Waals surface area contributed by atoms with Gasteiger partial charge in [-0.25, -0.2) is 8.42 Å². The van der Waals surface area contributed by atoms with E-state index in [1.165, 1.54) is 10.4 Å². The van der Waals surface area contributed by atoms with Crippen LogP contribution in [0.4, 0.5) is 8.78 Å². The monoisotopic (exact) mass is 326 g/mol. The number of rotatable bonds is 4. The molecular weight excluding hydrogens is 314 g/mol. The summed E-state index contributed by atoms with van der Waals surface area (Å²) in [4.78, 5) is -0.0361. The van der Waals surface area contributed by atoms with E-state index < -0.39 is 16.6 Å². The summed E-state index contributed by atoms with van der Waals surface area (Å²) in [6.45, 7) is -1.16. The molecule has 0 aliphatic carbocycles. The molecular formula is C11H13ClF2N2O3S. The Balaban J connectivity index is 2.26. The second-order valence-electron chi connectivity index (χ2n) is 4.12. The Morgan fingerprint density at radius 1 is 1.30 bits per heavy atom. The first-order valence-electron chi connectivity index (χ1n) is 5.86. The van der Waals surface area contributed by atoms with Gasteiger partial charge in [-0.15, -0.1) is 0 Å². The quantitative estimate of drug-likeness (QED) is 0.912. The zero-order valence-corrected chi connectivity index (χ0v) is 11.9. The maximum Gasteiger partial charge on any atom is 0.387 e. The number of nitrogens with one attached hydrogen (secondary N) is 1. The normalized spacial score (nSPS) is 17.4. The van der Waals surface area contributed by atoms with Gasteiger partial charge in [0, 0.05) is 26.2 Å². The van der Waals surface area contributed by atoms with Crippen LogP contribution in [0.15, 0.2) is 23.1 Å². The fourth-order valence-electron chi connectivity index (χ4n) is 1.87. The van der Waals surface area contributed by atoms with Gasteiger partial charge >= 0.3 is 6.61 Å². The van der Waals surface area contributed by atoms with Gasteiger partial charge in [0.1, 0.15) is 5.75 Å². The highest BCUT2D eigenvalue weighted by molar-refractivity contribution is 7.89. The first kappa shape index (κ1) is 15.4. The average molecular weight is 327 g/mol. The number of halogens is 3. The summed E-state index contributed by atoms with van der Waals surface area (Å²) in [6.07, 6.45) is 0. The highest BCUT2D eigenvalue weighted by Crippen LogP contribution is 2.29. The predicted molar refractivity (Wildman–Crippen MR) is 69.7 cm³/mol. The first-order chi connectivity index (χ1) is 9.41. The van der Waals surface area contributed by atoms with Crippen molar-refractivity contribution in [1.29, 1.82) is 0 Å². The van der Waals surface area contributed by atoms with Crippen molar-refractivity contribution in [3.8, 4) is 5.75 Å². The molecule has 1 saturated heterocycles. The molecule has 0 atom stereocenters. The van der Waals surface area contributed by atoms with Gasteiger partial charge in [0.2, 0.25) is 10.0 Å². The van der Waals surface area contributed by atoms with Crippen LogP contribution in [0.25, 0.3) is 0 Å². The SMILES string of the molecule is O=S(=O)(c1ccc(OC(F)F)c(Cl)c1)N1CCNCC1. The molecule has 9 heteroatoms. The van der Waals surface area contributed by atoms with Crippen LogP contribution < -0.4 is 10.1 Å². The molecule has 1 aliphatic heterocycles. The Kier molecular flexibility index (Phi) is 4.79. The summed E-state index contributed by atoms with van der Waals surface area (Å²) in [7, 11) is -3.66. The van der Waals surface area contributed by atoms with Gasteiger partial charge < -0.3 is 10.1 Å². The van der Waals surface area contributed by atoms with Crippen LogP contribution in [0.2, 0.25) is 5.02 Å². The Bertz CT molecular complexity index is 577. The maximum atomic E-state index is 12.3. The van der Waals surface area contributed by atoms with Gasteiger partial charge in [0.15, 0.2) is 0 Å². The molecule has 1 aromatic rings. The third kappa shape index (κ3) is 3.38. The summed E-state index contributed by atoms with van der Waals surface area (Å²) in [5.41, 5.74) is 0. The molecule has 2 rings (SSSR count). The zero-order chi connectivity index (χ0) is 14.8. The van der Waals surface area contributed by atoms with Crippen molar-refractivity contribution in [1.82, 2.24) is 9.62 Å². The van der Waals surface area contributed by atoms with E-state index in [-0.39, 0.29) is 15.7 Å². The van der Waals surface area contributed by atoms with Crippen LogP contribution in [-0.4, -0.2) is 45.5 Å². The molecule has 0 amide bonds. The van der Waals surface area contributed by atoms with Gasteiger partial charge in [-0.1, -0.05) is 11.6 Å². The topological polar surface area (TPSA) is 58.6 Å². The van der Waals surface area contributed by atoms with Crippen molar-refractivity contribution < 1.29 is 21.9 Å². The molecule has 1 fully saturated rings. The van der Waals surface area contributed by atoms with Crippen LogP contribution >= 0.6 is 11.6 Å². The fourth-order valence-corrected chi connectivity index (χ4v) is 3.63. The number of hydrogen-bond donors (Lipinski definition) is 1. The summed E-state index contributed by atoms with van der Waals surface area (Å²) in [5.74, 6) is -0.249.